The molecular weight excluding hydrogens is 282 g/mol. The second kappa shape index (κ2) is 8.80. The predicted molar refractivity (Wildman–Crippen MR) is 76.6 cm³/mol. The van der Waals surface area contributed by atoms with Crippen molar-refractivity contribution < 1.29 is 19.5 Å². The highest BCUT2D eigenvalue weighted by Gasteiger charge is 2.27. The molecule has 0 spiro atoms. The van der Waals surface area contributed by atoms with E-state index in [0.717, 1.165) is 19.4 Å². The van der Waals surface area contributed by atoms with Crippen LogP contribution in [-0.4, -0.2) is 60.1 Å². The normalized spacial score (nSPS) is 19.4. The van der Waals surface area contributed by atoms with Crippen molar-refractivity contribution in [1.29, 1.82) is 0 Å². The molecule has 0 aromatic rings. The summed E-state index contributed by atoms with van der Waals surface area (Å²) in [6.07, 6.45) is 4.09. The van der Waals surface area contributed by atoms with E-state index in [4.69, 9.17) is 5.11 Å². The molecule has 0 aliphatic carbocycles. The lowest BCUT2D eigenvalue weighted by molar-refractivity contribution is -0.138. The number of carboxylic acids is 1. The average Bonchev–Trinajstić information content (AvgIpc) is 2.94. The van der Waals surface area contributed by atoms with Crippen molar-refractivity contribution in [3.05, 3.63) is 0 Å². The van der Waals surface area contributed by atoms with Gasteiger partial charge in [0, 0.05) is 0 Å². The number of hydrogen-bond acceptors (Lipinski definition) is 5. The Morgan fingerprint density at radius 3 is 2.75 bits per heavy atom. The summed E-state index contributed by atoms with van der Waals surface area (Å²) in [7, 11) is 0. The summed E-state index contributed by atoms with van der Waals surface area (Å²) < 4.78 is 0. The maximum Gasteiger partial charge on any atom is 0.322 e. The van der Waals surface area contributed by atoms with Crippen molar-refractivity contribution in [3.63, 3.8) is 0 Å². The molecule has 7 nitrogen and oxygen atoms in total. The maximum atomic E-state index is 12.0. The van der Waals surface area contributed by atoms with Gasteiger partial charge in [0.25, 0.3) is 0 Å². The summed E-state index contributed by atoms with van der Waals surface area (Å²) in [5, 5.41) is 16.6. The van der Waals surface area contributed by atoms with Crippen molar-refractivity contribution >= 4 is 29.5 Å². The van der Waals surface area contributed by atoms with Gasteiger partial charge in [-0.15, -0.1) is 0 Å². The third-order valence-electron chi connectivity index (χ3n) is 3.03. The van der Waals surface area contributed by atoms with Crippen LogP contribution in [0, 0.1) is 0 Å². The summed E-state index contributed by atoms with van der Waals surface area (Å²) in [5.74, 6) is -1.04. The van der Waals surface area contributed by atoms with Crippen LogP contribution in [0.4, 0.5) is 0 Å². The van der Waals surface area contributed by atoms with Crippen molar-refractivity contribution in [3.8, 4) is 0 Å². The molecule has 4 N–H and O–H groups in total. The fourth-order valence-corrected chi connectivity index (χ4v) is 2.44. The van der Waals surface area contributed by atoms with Crippen LogP contribution in [0.1, 0.15) is 19.3 Å². The standard InChI is InChI=1S/C12H21N3O4S/c1-20-6-4-9(11(18)14-7-10(16)17)15-12(19)8-3-2-5-13-8/h8-9,13H,2-7H2,1H3,(H,14,18)(H,15,19)(H,16,17). The quantitative estimate of drug-likeness (QED) is 0.466. The SMILES string of the molecule is CSCCC(NC(=O)C1CCCN1)C(=O)NCC(=O)O. The molecule has 0 radical (unpaired) electrons. The fourth-order valence-electron chi connectivity index (χ4n) is 1.97. The van der Waals surface area contributed by atoms with Crippen LogP contribution in [0.2, 0.25) is 0 Å². The molecule has 114 valence electrons. The molecule has 8 heteroatoms. The van der Waals surface area contributed by atoms with Crippen LogP contribution < -0.4 is 16.0 Å². The van der Waals surface area contributed by atoms with Gasteiger partial charge in [0.15, 0.2) is 0 Å². The summed E-state index contributed by atoms with van der Waals surface area (Å²) in [6, 6.07) is -0.934. The second-order valence-corrected chi connectivity index (χ2v) is 5.59. The molecule has 1 saturated heterocycles. The molecule has 1 aliphatic heterocycles. The number of hydrogen-bond donors (Lipinski definition) is 4. The van der Waals surface area contributed by atoms with E-state index < -0.39 is 24.5 Å². The van der Waals surface area contributed by atoms with E-state index in [1.54, 1.807) is 11.8 Å². The molecule has 2 atom stereocenters. The minimum Gasteiger partial charge on any atom is -0.480 e. The Morgan fingerprint density at radius 2 is 2.20 bits per heavy atom. The zero-order chi connectivity index (χ0) is 15.0. The number of carbonyl (C=O) groups excluding carboxylic acids is 2. The van der Waals surface area contributed by atoms with Gasteiger partial charge >= 0.3 is 5.97 Å². The Labute approximate surface area is 122 Å². The number of thioether (sulfide) groups is 1. The van der Waals surface area contributed by atoms with E-state index >= 15 is 0 Å². The van der Waals surface area contributed by atoms with Crippen LogP contribution in [0.3, 0.4) is 0 Å². The van der Waals surface area contributed by atoms with Gasteiger partial charge in [-0.25, -0.2) is 0 Å². The van der Waals surface area contributed by atoms with Crippen LogP contribution >= 0.6 is 11.8 Å². The first-order chi connectivity index (χ1) is 9.54. The van der Waals surface area contributed by atoms with Crippen molar-refractivity contribution in [2.24, 2.45) is 0 Å². The molecule has 20 heavy (non-hydrogen) atoms. The van der Waals surface area contributed by atoms with Crippen LogP contribution in [-0.2, 0) is 14.4 Å². The first-order valence-corrected chi connectivity index (χ1v) is 7.96. The van der Waals surface area contributed by atoms with Crippen LogP contribution in [0.15, 0.2) is 0 Å². The highest BCUT2D eigenvalue weighted by Crippen LogP contribution is 2.07. The molecule has 1 heterocycles. The molecule has 0 bridgehead atoms. The number of rotatable bonds is 8. The van der Waals surface area contributed by atoms with Crippen LogP contribution in [0.5, 0.6) is 0 Å². The number of aliphatic carboxylic acids is 1. The van der Waals surface area contributed by atoms with E-state index in [1.165, 1.54) is 0 Å². The smallest absolute Gasteiger partial charge is 0.322 e. The van der Waals surface area contributed by atoms with Gasteiger partial charge in [0.05, 0.1) is 6.04 Å². The summed E-state index contributed by atoms with van der Waals surface area (Å²) >= 11 is 1.57. The topological polar surface area (TPSA) is 108 Å². The van der Waals surface area contributed by atoms with E-state index in [1.807, 2.05) is 6.26 Å². The number of amides is 2. The molecule has 0 aromatic carbocycles. The summed E-state index contributed by atoms with van der Waals surface area (Å²) in [6.45, 7) is 0.366. The number of nitrogens with one attached hydrogen (secondary N) is 3. The summed E-state index contributed by atoms with van der Waals surface area (Å²) in [5.41, 5.74) is 0. The van der Waals surface area contributed by atoms with E-state index in [2.05, 4.69) is 16.0 Å². The van der Waals surface area contributed by atoms with Gasteiger partial charge in [-0.2, -0.15) is 11.8 Å². The largest absolute Gasteiger partial charge is 0.480 e. The van der Waals surface area contributed by atoms with Gasteiger partial charge in [0.1, 0.15) is 12.6 Å². The monoisotopic (exact) mass is 303 g/mol. The molecule has 1 fully saturated rings. The lowest BCUT2D eigenvalue weighted by Gasteiger charge is -2.20. The number of carboxylic acid groups (broad SMARTS) is 1. The van der Waals surface area contributed by atoms with Gasteiger partial charge in [-0.3, -0.25) is 14.4 Å². The molecular formula is C12H21N3O4S. The second-order valence-electron chi connectivity index (χ2n) is 4.60. The Bertz CT molecular complexity index is 359. The maximum absolute atomic E-state index is 12.0. The lowest BCUT2D eigenvalue weighted by Crippen LogP contribution is -2.52. The average molecular weight is 303 g/mol. The Balaban J connectivity index is 2.50. The molecule has 2 unspecified atom stereocenters. The van der Waals surface area contributed by atoms with Gasteiger partial charge in [-0.05, 0) is 37.8 Å². The van der Waals surface area contributed by atoms with Gasteiger partial charge in [-0.1, -0.05) is 0 Å². The van der Waals surface area contributed by atoms with Crippen LogP contribution in [0.25, 0.3) is 0 Å². The summed E-state index contributed by atoms with van der Waals surface area (Å²) in [4.78, 5) is 34.3. The Hall–Kier alpha value is -1.28. The fraction of sp³-hybridized carbons (Fsp3) is 0.750. The van der Waals surface area contributed by atoms with Crippen molar-refractivity contribution in [2.75, 3.05) is 25.1 Å². The molecule has 0 saturated carbocycles. The van der Waals surface area contributed by atoms with Crippen molar-refractivity contribution in [1.82, 2.24) is 16.0 Å². The Morgan fingerprint density at radius 1 is 1.45 bits per heavy atom. The first-order valence-electron chi connectivity index (χ1n) is 6.56. The minimum absolute atomic E-state index is 0.195. The molecule has 1 rings (SSSR count). The van der Waals surface area contributed by atoms with E-state index in [-0.39, 0.29) is 11.9 Å². The molecule has 0 aromatic heterocycles. The van der Waals surface area contributed by atoms with E-state index in [9.17, 15) is 14.4 Å². The van der Waals surface area contributed by atoms with Crippen molar-refractivity contribution in [2.45, 2.75) is 31.3 Å². The minimum atomic E-state index is -1.11. The highest BCUT2D eigenvalue weighted by molar-refractivity contribution is 7.98. The Kier molecular flexibility index (Phi) is 7.38. The third kappa shape index (κ3) is 5.79. The highest BCUT2D eigenvalue weighted by atomic mass is 32.2. The predicted octanol–water partition coefficient (Wildman–Crippen LogP) is -0.823. The van der Waals surface area contributed by atoms with Gasteiger partial charge < -0.3 is 21.1 Å². The number of carbonyl (C=O) groups is 3. The molecule has 1 aliphatic rings. The zero-order valence-corrected chi connectivity index (χ0v) is 12.3. The first kappa shape index (κ1) is 16.8. The van der Waals surface area contributed by atoms with Gasteiger partial charge in [0.2, 0.25) is 11.8 Å². The zero-order valence-electron chi connectivity index (χ0n) is 11.5. The lowest BCUT2D eigenvalue weighted by atomic mass is 10.1. The third-order valence-corrected chi connectivity index (χ3v) is 3.68. The van der Waals surface area contributed by atoms with E-state index in [0.29, 0.717) is 12.2 Å². The molecule has 2 amide bonds.